The summed E-state index contributed by atoms with van der Waals surface area (Å²) in [4.78, 5) is 26.5. The van der Waals surface area contributed by atoms with Gasteiger partial charge >= 0.3 is 0 Å². The van der Waals surface area contributed by atoms with E-state index in [1.807, 2.05) is 34.8 Å². The van der Waals surface area contributed by atoms with E-state index in [0.717, 1.165) is 38.3 Å². The van der Waals surface area contributed by atoms with Crippen LogP contribution in [0.2, 0.25) is 0 Å². The Labute approximate surface area is 192 Å². The third-order valence-corrected chi connectivity index (χ3v) is 6.12. The molecular formula is C24H27FN6O2. The van der Waals surface area contributed by atoms with Gasteiger partial charge in [0, 0.05) is 51.2 Å². The summed E-state index contributed by atoms with van der Waals surface area (Å²) in [6, 6.07) is 8.38. The predicted molar refractivity (Wildman–Crippen MR) is 124 cm³/mol. The summed E-state index contributed by atoms with van der Waals surface area (Å²) >= 11 is 0. The summed E-state index contributed by atoms with van der Waals surface area (Å²) in [6.07, 6.45) is 5.27. The molecule has 4 heterocycles. The number of aromatic nitrogens is 3. The molecule has 1 fully saturated rings. The Balaban J connectivity index is 1.50. The predicted octanol–water partition coefficient (Wildman–Crippen LogP) is 3.26. The van der Waals surface area contributed by atoms with E-state index in [2.05, 4.69) is 20.2 Å². The van der Waals surface area contributed by atoms with Crippen LogP contribution < -0.4 is 15.0 Å². The fourth-order valence-corrected chi connectivity index (χ4v) is 4.23. The number of halogens is 1. The van der Waals surface area contributed by atoms with E-state index in [4.69, 9.17) is 4.74 Å². The molecule has 2 aliphatic rings. The number of carbonyl (C=O) groups is 1. The van der Waals surface area contributed by atoms with Crippen molar-refractivity contribution in [2.75, 3.05) is 50.1 Å². The lowest BCUT2D eigenvalue weighted by molar-refractivity contribution is 0.102. The molecule has 2 aromatic heterocycles. The maximum atomic E-state index is 15.1. The van der Waals surface area contributed by atoms with E-state index in [1.54, 1.807) is 18.3 Å². The van der Waals surface area contributed by atoms with E-state index in [-0.39, 0.29) is 17.5 Å². The standard InChI is InChI=1S/C24H27FN6O2/c1-29-10-12-30(13-11-29)20-15-17-21(16-18(20)25)33-14-3-2-8-31-9-7-26-23(31)19-5-4-6-22(27-19)28-24(17)32/h4-7,9,15-16H,2-3,8,10-14H2,1H3,(H,27,28,32). The molecule has 33 heavy (non-hydrogen) atoms. The number of nitrogens with one attached hydrogen (secondary N) is 1. The van der Waals surface area contributed by atoms with Gasteiger partial charge in [-0.3, -0.25) is 4.79 Å². The molecule has 1 amide bonds. The van der Waals surface area contributed by atoms with Gasteiger partial charge in [0.15, 0.2) is 5.82 Å². The fourth-order valence-electron chi connectivity index (χ4n) is 4.23. The molecule has 0 unspecified atom stereocenters. The van der Waals surface area contributed by atoms with E-state index in [0.29, 0.717) is 42.5 Å². The van der Waals surface area contributed by atoms with Crippen molar-refractivity contribution in [1.29, 1.82) is 0 Å². The van der Waals surface area contributed by atoms with Gasteiger partial charge in [-0.1, -0.05) is 6.07 Å². The molecule has 9 heteroatoms. The minimum Gasteiger partial charge on any atom is -0.493 e. The number of aryl methyl sites for hydroxylation is 1. The van der Waals surface area contributed by atoms with E-state index in [9.17, 15) is 4.79 Å². The first kappa shape index (κ1) is 21.4. The lowest BCUT2D eigenvalue weighted by Crippen LogP contribution is -2.44. The molecule has 1 N–H and O–H groups in total. The summed E-state index contributed by atoms with van der Waals surface area (Å²) in [5.74, 6) is 0.643. The van der Waals surface area contributed by atoms with Crippen LogP contribution in [0.15, 0.2) is 42.7 Å². The average molecular weight is 451 g/mol. The van der Waals surface area contributed by atoms with Gasteiger partial charge in [-0.15, -0.1) is 0 Å². The van der Waals surface area contributed by atoms with Crippen LogP contribution in [0.3, 0.4) is 0 Å². The number of fused-ring (bicyclic) bond motifs is 5. The van der Waals surface area contributed by atoms with Crippen molar-refractivity contribution in [2.45, 2.75) is 19.4 Å². The molecule has 0 radical (unpaired) electrons. The summed E-state index contributed by atoms with van der Waals surface area (Å²) in [5.41, 5.74) is 1.41. The number of rotatable bonds is 1. The monoisotopic (exact) mass is 450 g/mol. The number of imidazole rings is 1. The quantitative estimate of drug-likeness (QED) is 0.614. The molecule has 5 rings (SSSR count). The number of amides is 1. The number of hydrogen-bond acceptors (Lipinski definition) is 6. The van der Waals surface area contributed by atoms with Gasteiger partial charge < -0.3 is 24.4 Å². The number of hydrogen-bond donors (Lipinski definition) is 1. The summed E-state index contributed by atoms with van der Waals surface area (Å²) in [7, 11) is 2.05. The lowest BCUT2D eigenvalue weighted by atomic mass is 10.1. The van der Waals surface area contributed by atoms with Gasteiger partial charge in [-0.2, -0.15) is 0 Å². The molecule has 0 atom stereocenters. The van der Waals surface area contributed by atoms with Gasteiger partial charge in [0.05, 0.1) is 17.9 Å². The summed E-state index contributed by atoms with van der Waals surface area (Å²) < 4.78 is 23.0. The second-order valence-corrected chi connectivity index (χ2v) is 8.45. The Morgan fingerprint density at radius 3 is 2.79 bits per heavy atom. The maximum Gasteiger partial charge on any atom is 0.260 e. The second kappa shape index (κ2) is 9.19. The van der Waals surface area contributed by atoms with Gasteiger partial charge in [0.2, 0.25) is 0 Å². The molecule has 2 aliphatic heterocycles. The van der Waals surface area contributed by atoms with Gasteiger partial charge in [0.1, 0.15) is 23.1 Å². The van der Waals surface area contributed by atoms with Crippen LogP contribution >= 0.6 is 0 Å². The third-order valence-electron chi connectivity index (χ3n) is 6.12. The molecule has 3 aromatic rings. The van der Waals surface area contributed by atoms with Gasteiger partial charge in [-0.05, 0) is 38.1 Å². The minimum atomic E-state index is -0.384. The van der Waals surface area contributed by atoms with Crippen molar-refractivity contribution >= 4 is 17.4 Å². The van der Waals surface area contributed by atoms with E-state index in [1.165, 1.54) is 6.07 Å². The first-order chi connectivity index (χ1) is 16.1. The molecule has 0 saturated carbocycles. The molecule has 8 nitrogen and oxygen atoms in total. The van der Waals surface area contributed by atoms with Crippen molar-refractivity contribution in [1.82, 2.24) is 19.4 Å². The molecule has 172 valence electrons. The van der Waals surface area contributed by atoms with Crippen molar-refractivity contribution in [3.63, 3.8) is 0 Å². The summed E-state index contributed by atoms with van der Waals surface area (Å²) in [6.45, 7) is 4.23. The first-order valence-electron chi connectivity index (χ1n) is 11.3. The topological polar surface area (TPSA) is 75.5 Å². The van der Waals surface area contributed by atoms with Crippen LogP contribution in [0.4, 0.5) is 15.9 Å². The Bertz CT molecular complexity index is 1160. The number of likely N-dealkylation sites (N-methyl/N-ethyl adjacent to an activating group) is 1. The zero-order valence-electron chi connectivity index (χ0n) is 18.6. The van der Waals surface area contributed by atoms with Crippen molar-refractivity contribution < 1.29 is 13.9 Å². The maximum absolute atomic E-state index is 15.1. The Morgan fingerprint density at radius 1 is 1.09 bits per heavy atom. The Kier molecular flexibility index (Phi) is 5.95. The molecule has 0 spiro atoms. The van der Waals surface area contributed by atoms with E-state index < -0.39 is 0 Å². The molecule has 1 saturated heterocycles. The number of carbonyl (C=O) groups excluding carboxylic acids is 1. The molecular weight excluding hydrogens is 423 g/mol. The first-order valence-corrected chi connectivity index (χ1v) is 11.3. The highest BCUT2D eigenvalue weighted by Crippen LogP contribution is 2.31. The zero-order chi connectivity index (χ0) is 22.8. The average Bonchev–Trinajstić information content (AvgIpc) is 3.28. The highest BCUT2D eigenvalue weighted by Gasteiger charge is 2.23. The molecule has 0 aliphatic carbocycles. The van der Waals surface area contributed by atoms with Crippen LogP contribution in [0.25, 0.3) is 11.5 Å². The molecule has 1 aromatic carbocycles. The van der Waals surface area contributed by atoms with Crippen LogP contribution in [0, 0.1) is 5.82 Å². The van der Waals surface area contributed by atoms with Gasteiger partial charge in [-0.25, -0.2) is 14.4 Å². The zero-order valence-corrected chi connectivity index (χ0v) is 18.6. The van der Waals surface area contributed by atoms with Crippen LogP contribution in [0.1, 0.15) is 23.2 Å². The number of ether oxygens (including phenoxy) is 1. The largest absolute Gasteiger partial charge is 0.493 e. The second-order valence-electron chi connectivity index (χ2n) is 8.45. The number of piperazine rings is 1. The smallest absolute Gasteiger partial charge is 0.260 e. The van der Waals surface area contributed by atoms with Gasteiger partial charge in [0.25, 0.3) is 5.91 Å². The third kappa shape index (κ3) is 4.54. The minimum absolute atomic E-state index is 0.249. The van der Waals surface area contributed by atoms with Crippen molar-refractivity contribution in [2.24, 2.45) is 0 Å². The van der Waals surface area contributed by atoms with Crippen LogP contribution in [-0.4, -0.2) is 65.2 Å². The van der Waals surface area contributed by atoms with Crippen molar-refractivity contribution in [3.8, 4) is 17.3 Å². The number of anilines is 2. The van der Waals surface area contributed by atoms with E-state index >= 15 is 4.39 Å². The molecule has 2 bridgehead atoms. The van der Waals surface area contributed by atoms with Crippen LogP contribution in [0.5, 0.6) is 5.75 Å². The SMILES string of the molecule is CN1CCN(c2cc3c(cc2F)OCCCCn2ccnc2-c2cccc(n2)NC3=O)CC1. The fraction of sp³-hybridized carbons (Fsp3) is 0.375. The Hall–Kier alpha value is -3.46. The normalized spacial score (nSPS) is 17.4. The van der Waals surface area contributed by atoms with Crippen molar-refractivity contribution in [3.05, 3.63) is 54.1 Å². The Morgan fingerprint density at radius 2 is 1.94 bits per heavy atom. The highest BCUT2D eigenvalue weighted by molar-refractivity contribution is 6.06. The number of benzene rings is 1. The lowest BCUT2D eigenvalue weighted by Gasteiger charge is -2.34. The van der Waals surface area contributed by atoms with Crippen LogP contribution in [-0.2, 0) is 6.54 Å². The summed E-state index contributed by atoms with van der Waals surface area (Å²) in [5, 5.41) is 2.86. The highest BCUT2D eigenvalue weighted by atomic mass is 19.1. The number of pyridine rings is 1. The number of nitrogens with zero attached hydrogens (tertiary/aromatic N) is 5.